The van der Waals surface area contributed by atoms with E-state index in [1.807, 2.05) is 4.90 Å². The van der Waals surface area contributed by atoms with Gasteiger partial charge >= 0.3 is 0 Å². The molecular weight excluding hydrogens is 396 g/mol. The summed E-state index contributed by atoms with van der Waals surface area (Å²) in [7, 11) is -0.594. The number of methoxy groups -OCH3 is 1. The van der Waals surface area contributed by atoms with Gasteiger partial charge < -0.3 is 15.0 Å². The molecule has 2 rings (SSSR count). The lowest BCUT2D eigenvalue weighted by Crippen LogP contribution is -2.53. The maximum absolute atomic E-state index is 12.7. The molecule has 1 saturated heterocycles. The van der Waals surface area contributed by atoms with Crippen LogP contribution >= 0.6 is 0 Å². The van der Waals surface area contributed by atoms with Crippen molar-refractivity contribution in [2.75, 3.05) is 46.9 Å². The van der Waals surface area contributed by atoms with Gasteiger partial charge in [-0.2, -0.15) is 4.72 Å². The molecule has 2 N–H and O–H groups in total. The minimum Gasteiger partial charge on any atom is -0.497 e. The lowest BCUT2D eigenvalue weighted by molar-refractivity contribution is -0.134. The Morgan fingerprint density at radius 2 is 1.86 bits per heavy atom. The van der Waals surface area contributed by atoms with Gasteiger partial charge in [-0.25, -0.2) is 8.42 Å². The molecule has 0 bridgehead atoms. The molecule has 0 spiro atoms. The van der Waals surface area contributed by atoms with Gasteiger partial charge in [0.25, 0.3) is 0 Å². The van der Waals surface area contributed by atoms with Crippen LogP contribution in [-0.2, 0) is 19.6 Å². The summed E-state index contributed by atoms with van der Waals surface area (Å²) in [5, 5.41) is 2.78. The molecule has 1 heterocycles. The van der Waals surface area contributed by atoms with E-state index in [4.69, 9.17) is 4.74 Å². The molecule has 1 aliphatic rings. The highest BCUT2D eigenvalue weighted by atomic mass is 32.2. The highest BCUT2D eigenvalue weighted by molar-refractivity contribution is 7.89. The average molecular weight is 427 g/mol. The molecule has 1 aliphatic heterocycles. The van der Waals surface area contributed by atoms with Crippen molar-refractivity contribution in [2.24, 2.45) is 5.92 Å². The van der Waals surface area contributed by atoms with Crippen molar-refractivity contribution in [2.45, 2.75) is 24.8 Å². The fourth-order valence-corrected chi connectivity index (χ4v) is 4.27. The summed E-state index contributed by atoms with van der Waals surface area (Å²) >= 11 is 0. The third kappa shape index (κ3) is 6.41. The van der Waals surface area contributed by atoms with E-state index in [0.29, 0.717) is 31.9 Å². The van der Waals surface area contributed by atoms with E-state index in [9.17, 15) is 18.0 Å². The van der Waals surface area contributed by atoms with Crippen LogP contribution in [0, 0.1) is 5.92 Å². The Morgan fingerprint density at radius 3 is 2.41 bits per heavy atom. The van der Waals surface area contributed by atoms with Crippen molar-refractivity contribution in [3.05, 3.63) is 24.3 Å². The van der Waals surface area contributed by atoms with E-state index in [1.54, 1.807) is 37.9 Å². The van der Waals surface area contributed by atoms with Crippen LogP contribution < -0.4 is 14.8 Å². The number of likely N-dealkylation sites (N-methyl/N-ethyl adjacent to an activating group) is 1. The number of carbonyl (C=O) groups is 2. The maximum Gasteiger partial charge on any atom is 0.241 e. The normalized spacial score (nSPS) is 16.7. The van der Waals surface area contributed by atoms with Gasteiger partial charge in [-0.05, 0) is 30.2 Å². The molecule has 1 aromatic carbocycles. The monoisotopic (exact) mass is 426 g/mol. The second-order valence-electron chi connectivity index (χ2n) is 7.40. The van der Waals surface area contributed by atoms with E-state index < -0.39 is 22.0 Å². The largest absolute Gasteiger partial charge is 0.497 e. The standard InChI is InChI=1S/C19H30N4O5S/c1-14(2)18(21-29(26,27)16-7-5-15(28-4)6-8-16)19(25)20-9-10-23-12-11-22(3)17(24)13-23/h5-8,14,18,21H,9-13H2,1-4H3,(H,20,25)/t18-/m0/s1. The number of rotatable bonds is 9. The molecule has 2 amide bonds. The highest BCUT2D eigenvalue weighted by Crippen LogP contribution is 2.16. The molecule has 9 nitrogen and oxygen atoms in total. The molecule has 1 fully saturated rings. The van der Waals surface area contributed by atoms with Gasteiger partial charge in [-0.1, -0.05) is 13.8 Å². The van der Waals surface area contributed by atoms with Gasteiger partial charge in [-0.3, -0.25) is 14.5 Å². The van der Waals surface area contributed by atoms with Crippen molar-refractivity contribution < 1.29 is 22.7 Å². The van der Waals surface area contributed by atoms with Crippen molar-refractivity contribution in [1.29, 1.82) is 0 Å². The molecule has 162 valence electrons. The van der Waals surface area contributed by atoms with Gasteiger partial charge in [0.15, 0.2) is 0 Å². The fraction of sp³-hybridized carbons (Fsp3) is 0.579. The van der Waals surface area contributed by atoms with E-state index in [0.717, 1.165) is 6.54 Å². The lowest BCUT2D eigenvalue weighted by atomic mass is 10.1. The van der Waals surface area contributed by atoms with Crippen LogP contribution in [-0.4, -0.2) is 83.0 Å². The smallest absolute Gasteiger partial charge is 0.241 e. The Balaban J connectivity index is 1.93. The lowest BCUT2D eigenvalue weighted by Gasteiger charge is -2.32. The number of amides is 2. The summed E-state index contributed by atoms with van der Waals surface area (Å²) in [5.74, 6) is -0.0369. The second-order valence-corrected chi connectivity index (χ2v) is 9.11. The number of hydrogen-bond acceptors (Lipinski definition) is 6. The van der Waals surface area contributed by atoms with E-state index in [1.165, 1.54) is 19.2 Å². The Kier molecular flexibility index (Phi) is 8.00. The number of piperazine rings is 1. The quantitative estimate of drug-likeness (QED) is 0.570. The van der Waals surface area contributed by atoms with Gasteiger partial charge in [0, 0.05) is 33.2 Å². The van der Waals surface area contributed by atoms with E-state index in [2.05, 4.69) is 10.0 Å². The van der Waals surface area contributed by atoms with Crippen LogP contribution in [0.1, 0.15) is 13.8 Å². The Bertz CT molecular complexity index is 810. The van der Waals surface area contributed by atoms with Crippen molar-refractivity contribution in [3.8, 4) is 5.75 Å². The summed E-state index contributed by atoms with van der Waals surface area (Å²) in [6.07, 6.45) is 0. The van der Waals surface area contributed by atoms with E-state index in [-0.39, 0.29) is 16.7 Å². The topological polar surface area (TPSA) is 108 Å². The molecule has 1 aromatic rings. The first-order chi connectivity index (χ1) is 13.6. The zero-order valence-electron chi connectivity index (χ0n) is 17.3. The minimum atomic E-state index is -3.86. The zero-order valence-corrected chi connectivity index (χ0v) is 18.2. The Morgan fingerprint density at radius 1 is 1.21 bits per heavy atom. The number of nitrogens with one attached hydrogen (secondary N) is 2. The van der Waals surface area contributed by atoms with Crippen LogP contribution in [0.5, 0.6) is 5.75 Å². The summed E-state index contributed by atoms with van der Waals surface area (Å²) in [4.78, 5) is 28.1. The second kappa shape index (κ2) is 10.0. The number of carbonyl (C=O) groups excluding carboxylic acids is 2. The van der Waals surface area contributed by atoms with Crippen LogP contribution in [0.3, 0.4) is 0 Å². The molecule has 0 saturated carbocycles. The van der Waals surface area contributed by atoms with Gasteiger partial charge in [-0.15, -0.1) is 0 Å². The number of nitrogens with zero attached hydrogens (tertiary/aromatic N) is 2. The fourth-order valence-electron chi connectivity index (χ4n) is 2.93. The molecule has 0 unspecified atom stereocenters. The average Bonchev–Trinajstić information content (AvgIpc) is 2.68. The summed E-state index contributed by atoms with van der Waals surface area (Å²) < 4.78 is 32.8. The molecule has 0 aromatic heterocycles. The third-order valence-electron chi connectivity index (χ3n) is 4.86. The van der Waals surface area contributed by atoms with Crippen molar-refractivity contribution >= 4 is 21.8 Å². The SMILES string of the molecule is COc1ccc(S(=O)(=O)N[C@H](C(=O)NCCN2CCN(C)C(=O)C2)C(C)C)cc1. The van der Waals surface area contributed by atoms with Gasteiger partial charge in [0.05, 0.1) is 18.6 Å². The summed E-state index contributed by atoms with van der Waals surface area (Å²) in [6, 6.07) is 5.06. The number of ether oxygens (including phenoxy) is 1. The minimum absolute atomic E-state index is 0.0508. The highest BCUT2D eigenvalue weighted by Gasteiger charge is 2.28. The molecular formula is C19H30N4O5S. The van der Waals surface area contributed by atoms with Crippen molar-refractivity contribution in [3.63, 3.8) is 0 Å². The van der Waals surface area contributed by atoms with Crippen LogP contribution in [0.2, 0.25) is 0 Å². The Labute approximate surface area is 172 Å². The first-order valence-electron chi connectivity index (χ1n) is 9.54. The van der Waals surface area contributed by atoms with E-state index >= 15 is 0 Å². The molecule has 0 aliphatic carbocycles. The first-order valence-corrected chi connectivity index (χ1v) is 11.0. The van der Waals surface area contributed by atoms with Crippen LogP contribution in [0.15, 0.2) is 29.2 Å². The molecule has 10 heteroatoms. The van der Waals surface area contributed by atoms with Gasteiger partial charge in [0.2, 0.25) is 21.8 Å². The molecule has 0 radical (unpaired) electrons. The summed E-state index contributed by atoms with van der Waals surface area (Å²) in [5.41, 5.74) is 0. The maximum atomic E-state index is 12.7. The predicted molar refractivity (Wildman–Crippen MR) is 109 cm³/mol. The van der Waals surface area contributed by atoms with Crippen molar-refractivity contribution in [1.82, 2.24) is 19.8 Å². The van der Waals surface area contributed by atoms with Crippen LogP contribution in [0.4, 0.5) is 0 Å². The predicted octanol–water partition coefficient (Wildman–Crippen LogP) is -0.112. The molecule has 29 heavy (non-hydrogen) atoms. The number of hydrogen-bond donors (Lipinski definition) is 2. The molecule has 1 atom stereocenters. The number of sulfonamides is 1. The zero-order chi connectivity index (χ0) is 21.6. The third-order valence-corrected chi connectivity index (χ3v) is 6.32. The summed E-state index contributed by atoms with van der Waals surface area (Å²) in [6.45, 7) is 6.15. The first kappa shape index (κ1) is 23.1. The Hall–Kier alpha value is -2.17. The van der Waals surface area contributed by atoms with Crippen LogP contribution in [0.25, 0.3) is 0 Å². The van der Waals surface area contributed by atoms with Gasteiger partial charge in [0.1, 0.15) is 11.8 Å². The number of benzene rings is 1.